The standard InChI is InChI=1S/C15H17F3N4O2/c1-10(2)8-22-12(5-6-20-22)21-14(23)11-3-4-13(19-7-11)24-9-15(16,17)18/h3-7,10H,8-9H2,1-2H3,(H,21,23). The lowest BCUT2D eigenvalue weighted by molar-refractivity contribution is -0.154. The highest BCUT2D eigenvalue weighted by Gasteiger charge is 2.28. The summed E-state index contributed by atoms with van der Waals surface area (Å²) in [7, 11) is 0. The smallest absolute Gasteiger partial charge is 0.422 e. The number of nitrogens with one attached hydrogen (secondary N) is 1. The summed E-state index contributed by atoms with van der Waals surface area (Å²) in [6.45, 7) is 3.26. The number of pyridine rings is 1. The second kappa shape index (κ2) is 7.33. The molecule has 2 aromatic heterocycles. The maximum absolute atomic E-state index is 12.2. The van der Waals surface area contributed by atoms with Crippen molar-refractivity contribution in [2.75, 3.05) is 11.9 Å². The van der Waals surface area contributed by atoms with Gasteiger partial charge in [-0.1, -0.05) is 13.8 Å². The molecule has 0 bridgehead atoms. The molecule has 6 nitrogen and oxygen atoms in total. The molecule has 0 aliphatic carbocycles. The van der Waals surface area contributed by atoms with E-state index in [1.807, 2.05) is 13.8 Å². The number of carbonyl (C=O) groups is 1. The van der Waals surface area contributed by atoms with E-state index in [1.165, 1.54) is 12.1 Å². The molecule has 0 unspecified atom stereocenters. The first-order valence-corrected chi connectivity index (χ1v) is 7.23. The van der Waals surface area contributed by atoms with Gasteiger partial charge in [0.15, 0.2) is 6.61 Å². The number of carbonyl (C=O) groups excluding carboxylic acids is 1. The molecule has 0 aliphatic heterocycles. The summed E-state index contributed by atoms with van der Waals surface area (Å²) in [5, 5.41) is 6.81. The number of alkyl halides is 3. The zero-order chi connectivity index (χ0) is 17.7. The van der Waals surface area contributed by atoms with Crippen molar-refractivity contribution < 1.29 is 22.7 Å². The van der Waals surface area contributed by atoms with Gasteiger partial charge in [-0.05, 0) is 12.0 Å². The van der Waals surface area contributed by atoms with E-state index >= 15 is 0 Å². The molecule has 0 saturated heterocycles. The Hall–Kier alpha value is -2.58. The predicted molar refractivity (Wildman–Crippen MR) is 80.8 cm³/mol. The zero-order valence-corrected chi connectivity index (χ0v) is 13.2. The molecule has 2 rings (SSSR count). The molecule has 0 saturated carbocycles. The highest BCUT2D eigenvalue weighted by Crippen LogP contribution is 2.17. The summed E-state index contributed by atoms with van der Waals surface area (Å²) in [5.41, 5.74) is 0.201. The second-order valence-electron chi connectivity index (χ2n) is 5.54. The average molecular weight is 342 g/mol. The summed E-state index contributed by atoms with van der Waals surface area (Å²) < 4.78 is 42.3. The number of amides is 1. The minimum absolute atomic E-state index is 0.200. The number of ether oxygens (including phenoxy) is 1. The van der Waals surface area contributed by atoms with Crippen molar-refractivity contribution in [1.82, 2.24) is 14.8 Å². The molecule has 0 aliphatic rings. The fraction of sp³-hybridized carbons (Fsp3) is 0.400. The van der Waals surface area contributed by atoms with Crippen LogP contribution in [0.3, 0.4) is 0 Å². The Bertz CT molecular complexity index is 681. The highest BCUT2D eigenvalue weighted by atomic mass is 19.4. The number of halogens is 3. The van der Waals surface area contributed by atoms with Gasteiger partial charge < -0.3 is 10.1 Å². The van der Waals surface area contributed by atoms with Crippen LogP contribution >= 0.6 is 0 Å². The van der Waals surface area contributed by atoms with Crippen molar-refractivity contribution in [2.24, 2.45) is 5.92 Å². The van der Waals surface area contributed by atoms with E-state index in [1.54, 1.807) is 16.9 Å². The number of anilines is 1. The van der Waals surface area contributed by atoms with Crippen LogP contribution in [0, 0.1) is 5.92 Å². The lowest BCUT2D eigenvalue weighted by Crippen LogP contribution is -2.20. The summed E-state index contributed by atoms with van der Waals surface area (Å²) in [4.78, 5) is 15.9. The van der Waals surface area contributed by atoms with Crippen molar-refractivity contribution >= 4 is 11.7 Å². The predicted octanol–water partition coefficient (Wildman–Crippen LogP) is 3.13. The van der Waals surface area contributed by atoms with E-state index in [2.05, 4.69) is 20.1 Å². The molecule has 9 heteroatoms. The molecule has 24 heavy (non-hydrogen) atoms. The Morgan fingerprint density at radius 1 is 1.33 bits per heavy atom. The third-order valence-corrected chi connectivity index (χ3v) is 2.88. The maximum atomic E-state index is 12.2. The summed E-state index contributed by atoms with van der Waals surface area (Å²) in [6, 6.07) is 4.22. The lowest BCUT2D eigenvalue weighted by Gasteiger charge is -2.11. The van der Waals surface area contributed by atoms with E-state index < -0.39 is 18.7 Å². The molecule has 1 amide bonds. The largest absolute Gasteiger partial charge is 0.468 e. The number of rotatable bonds is 6. The van der Waals surface area contributed by atoms with Gasteiger partial charge in [0.1, 0.15) is 5.82 Å². The highest BCUT2D eigenvalue weighted by molar-refractivity contribution is 6.03. The summed E-state index contributed by atoms with van der Waals surface area (Å²) >= 11 is 0. The number of hydrogen-bond donors (Lipinski definition) is 1. The van der Waals surface area contributed by atoms with Crippen LogP contribution < -0.4 is 10.1 Å². The van der Waals surface area contributed by atoms with Crippen molar-refractivity contribution in [3.8, 4) is 5.88 Å². The fourth-order valence-electron chi connectivity index (χ4n) is 1.87. The minimum Gasteiger partial charge on any atom is -0.468 e. The Morgan fingerprint density at radius 3 is 2.67 bits per heavy atom. The quantitative estimate of drug-likeness (QED) is 0.876. The number of nitrogens with zero attached hydrogens (tertiary/aromatic N) is 3. The van der Waals surface area contributed by atoms with E-state index in [-0.39, 0.29) is 11.4 Å². The zero-order valence-electron chi connectivity index (χ0n) is 13.2. The van der Waals surface area contributed by atoms with Crippen molar-refractivity contribution in [3.63, 3.8) is 0 Å². The Balaban J connectivity index is 1.99. The van der Waals surface area contributed by atoms with Crippen molar-refractivity contribution in [2.45, 2.75) is 26.6 Å². The topological polar surface area (TPSA) is 69.0 Å². The van der Waals surface area contributed by atoms with E-state index in [4.69, 9.17) is 0 Å². The normalized spacial score (nSPS) is 11.6. The molecule has 0 radical (unpaired) electrons. The first kappa shape index (κ1) is 17.8. The first-order valence-electron chi connectivity index (χ1n) is 7.23. The molecular weight excluding hydrogens is 325 g/mol. The Kier molecular flexibility index (Phi) is 5.42. The summed E-state index contributed by atoms with van der Waals surface area (Å²) in [6.07, 6.45) is -1.71. The van der Waals surface area contributed by atoms with Crippen LogP contribution in [0.4, 0.5) is 19.0 Å². The van der Waals surface area contributed by atoms with Gasteiger partial charge in [0.05, 0.1) is 11.8 Å². The molecule has 2 heterocycles. The van der Waals surface area contributed by atoms with Gasteiger partial charge in [-0.3, -0.25) is 4.79 Å². The third-order valence-electron chi connectivity index (χ3n) is 2.88. The molecule has 1 N–H and O–H groups in total. The van der Waals surface area contributed by atoms with E-state index in [9.17, 15) is 18.0 Å². The van der Waals surface area contributed by atoms with Gasteiger partial charge in [-0.2, -0.15) is 18.3 Å². The van der Waals surface area contributed by atoms with E-state index in [0.29, 0.717) is 18.3 Å². The molecular formula is C15H17F3N4O2. The number of hydrogen-bond acceptors (Lipinski definition) is 4. The van der Waals surface area contributed by atoms with Crippen LogP contribution in [0.15, 0.2) is 30.6 Å². The molecule has 0 spiro atoms. The van der Waals surface area contributed by atoms with Crippen LogP contribution in [0.25, 0.3) is 0 Å². The SMILES string of the molecule is CC(C)Cn1nccc1NC(=O)c1ccc(OCC(F)(F)F)nc1. The Labute approximate surface area is 136 Å². The first-order chi connectivity index (χ1) is 11.2. The lowest BCUT2D eigenvalue weighted by atomic mass is 10.2. The van der Waals surface area contributed by atoms with Crippen LogP contribution in [0.5, 0.6) is 5.88 Å². The maximum Gasteiger partial charge on any atom is 0.422 e. The van der Waals surface area contributed by atoms with Crippen LogP contribution in [0.1, 0.15) is 24.2 Å². The van der Waals surface area contributed by atoms with Crippen LogP contribution in [0.2, 0.25) is 0 Å². The van der Waals surface area contributed by atoms with Gasteiger partial charge in [0.2, 0.25) is 5.88 Å². The second-order valence-corrected chi connectivity index (χ2v) is 5.54. The molecule has 0 atom stereocenters. The van der Waals surface area contributed by atoms with Crippen LogP contribution in [-0.2, 0) is 6.54 Å². The van der Waals surface area contributed by atoms with Gasteiger partial charge in [0, 0.05) is 24.9 Å². The minimum atomic E-state index is -4.44. The number of aromatic nitrogens is 3. The average Bonchev–Trinajstić information content (AvgIpc) is 2.91. The molecule has 2 aromatic rings. The Morgan fingerprint density at radius 2 is 2.08 bits per heavy atom. The molecule has 130 valence electrons. The van der Waals surface area contributed by atoms with Crippen molar-refractivity contribution in [3.05, 3.63) is 36.2 Å². The molecule has 0 aromatic carbocycles. The van der Waals surface area contributed by atoms with E-state index in [0.717, 1.165) is 6.20 Å². The van der Waals surface area contributed by atoms with Gasteiger partial charge in [-0.25, -0.2) is 9.67 Å². The van der Waals surface area contributed by atoms with Gasteiger partial charge >= 0.3 is 6.18 Å². The third kappa shape index (κ3) is 5.25. The van der Waals surface area contributed by atoms with Crippen LogP contribution in [-0.4, -0.2) is 33.5 Å². The fourth-order valence-corrected chi connectivity index (χ4v) is 1.87. The van der Waals surface area contributed by atoms with Crippen molar-refractivity contribution in [1.29, 1.82) is 0 Å². The summed E-state index contributed by atoms with van der Waals surface area (Å²) in [5.74, 6) is 0.252. The van der Waals surface area contributed by atoms with Gasteiger partial charge in [-0.15, -0.1) is 0 Å². The monoisotopic (exact) mass is 342 g/mol. The van der Waals surface area contributed by atoms with Gasteiger partial charge in [0.25, 0.3) is 5.91 Å². The molecule has 0 fully saturated rings.